The third kappa shape index (κ3) is 1.82. The van der Waals surface area contributed by atoms with Crippen molar-refractivity contribution in [1.82, 2.24) is 0 Å². The third-order valence-electron chi connectivity index (χ3n) is 4.46. The van der Waals surface area contributed by atoms with Crippen LogP contribution in [-0.4, -0.2) is 6.79 Å². The first-order chi connectivity index (χ1) is 11.4. The van der Waals surface area contributed by atoms with Gasteiger partial charge in [0.1, 0.15) is 11.5 Å². The van der Waals surface area contributed by atoms with Crippen LogP contribution in [0.15, 0.2) is 72.8 Å². The van der Waals surface area contributed by atoms with E-state index in [1.165, 1.54) is 10.8 Å². The van der Waals surface area contributed by atoms with Crippen molar-refractivity contribution in [2.24, 2.45) is 0 Å². The molecule has 0 unspecified atom stereocenters. The summed E-state index contributed by atoms with van der Waals surface area (Å²) in [4.78, 5) is 0. The molecule has 0 spiro atoms. The number of fused-ring (bicyclic) bond motifs is 7. The van der Waals surface area contributed by atoms with Crippen molar-refractivity contribution >= 4 is 21.5 Å². The van der Waals surface area contributed by atoms with Gasteiger partial charge in [0.25, 0.3) is 0 Å². The molecule has 110 valence electrons. The predicted octanol–water partition coefficient (Wildman–Crippen LogP) is 5.39. The zero-order valence-corrected chi connectivity index (χ0v) is 12.5. The summed E-state index contributed by atoms with van der Waals surface area (Å²) in [5.74, 6) is 1.80. The van der Waals surface area contributed by atoms with Gasteiger partial charge in [-0.25, -0.2) is 0 Å². The smallest absolute Gasteiger partial charge is 0.231 e. The Morgan fingerprint density at radius 2 is 1.00 bits per heavy atom. The van der Waals surface area contributed by atoms with Crippen molar-refractivity contribution in [3.05, 3.63) is 72.8 Å². The van der Waals surface area contributed by atoms with Crippen molar-refractivity contribution < 1.29 is 9.47 Å². The Morgan fingerprint density at radius 1 is 0.522 bits per heavy atom. The lowest BCUT2D eigenvalue weighted by Gasteiger charge is -2.11. The van der Waals surface area contributed by atoms with Crippen molar-refractivity contribution in [3.8, 4) is 22.6 Å². The molecule has 0 aliphatic carbocycles. The summed E-state index contributed by atoms with van der Waals surface area (Å²) in [6.45, 7) is 0.224. The highest BCUT2D eigenvalue weighted by molar-refractivity contribution is 6.01. The molecule has 0 N–H and O–H groups in total. The Morgan fingerprint density at radius 3 is 1.52 bits per heavy atom. The molecular weight excluding hydrogens is 284 g/mol. The first-order valence-electron chi connectivity index (χ1n) is 7.71. The topological polar surface area (TPSA) is 18.5 Å². The summed E-state index contributed by atoms with van der Waals surface area (Å²) in [5.41, 5.74) is 2.17. The average Bonchev–Trinajstić information content (AvgIpc) is 2.81. The van der Waals surface area contributed by atoms with Crippen molar-refractivity contribution in [2.75, 3.05) is 6.79 Å². The van der Waals surface area contributed by atoms with Gasteiger partial charge in [-0.3, -0.25) is 0 Å². The van der Waals surface area contributed by atoms with Crippen LogP contribution < -0.4 is 9.47 Å². The summed E-state index contributed by atoms with van der Waals surface area (Å²) < 4.78 is 11.9. The number of ether oxygens (including phenoxy) is 2. The van der Waals surface area contributed by atoms with Crippen molar-refractivity contribution in [3.63, 3.8) is 0 Å². The second-order valence-electron chi connectivity index (χ2n) is 5.73. The van der Waals surface area contributed by atoms with Crippen LogP contribution in [-0.2, 0) is 0 Å². The number of rotatable bonds is 0. The summed E-state index contributed by atoms with van der Waals surface area (Å²) >= 11 is 0. The van der Waals surface area contributed by atoms with Gasteiger partial charge in [-0.2, -0.15) is 0 Å². The van der Waals surface area contributed by atoms with E-state index in [9.17, 15) is 0 Å². The highest BCUT2D eigenvalue weighted by atomic mass is 16.7. The third-order valence-corrected chi connectivity index (χ3v) is 4.46. The summed E-state index contributed by atoms with van der Waals surface area (Å²) in [6.07, 6.45) is 0. The number of benzene rings is 4. The van der Waals surface area contributed by atoms with E-state index in [1.807, 2.05) is 24.3 Å². The van der Waals surface area contributed by atoms with Gasteiger partial charge in [-0.15, -0.1) is 0 Å². The van der Waals surface area contributed by atoms with E-state index in [0.717, 1.165) is 33.4 Å². The molecule has 5 rings (SSSR count). The SMILES string of the molecule is c1ccc2c3c(ccc2c1)-c1ccc2ccccc2c1OCO3. The molecule has 0 radical (unpaired) electrons. The first kappa shape index (κ1) is 12.5. The number of hydrogen-bond acceptors (Lipinski definition) is 2. The lowest BCUT2D eigenvalue weighted by atomic mass is 9.96. The monoisotopic (exact) mass is 298 g/mol. The number of hydrogen-bond donors (Lipinski definition) is 0. The van der Waals surface area contributed by atoms with Gasteiger partial charge in [-0.1, -0.05) is 60.7 Å². The fourth-order valence-corrected chi connectivity index (χ4v) is 3.37. The second-order valence-corrected chi connectivity index (χ2v) is 5.73. The van der Waals surface area contributed by atoms with Crippen LogP contribution >= 0.6 is 0 Å². The Bertz CT molecular complexity index is 965. The maximum atomic E-state index is 5.97. The normalized spacial score (nSPS) is 12.9. The molecule has 0 saturated heterocycles. The quantitative estimate of drug-likeness (QED) is 0.433. The summed E-state index contributed by atoms with van der Waals surface area (Å²) in [6, 6.07) is 25.1. The van der Waals surface area contributed by atoms with Gasteiger partial charge < -0.3 is 9.47 Å². The van der Waals surface area contributed by atoms with Gasteiger partial charge in [0.2, 0.25) is 6.79 Å². The molecule has 4 aromatic carbocycles. The molecule has 1 aliphatic heterocycles. The van der Waals surface area contributed by atoms with Crippen LogP contribution in [0.5, 0.6) is 11.5 Å². The molecule has 0 fully saturated rings. The lowest BCUT2D eigenvalue weighted by molar-refractivity contribution is 0.128. The maximum Gasteiger partial charge on any atom is 0.231 e. The molecule has 2 nitrogen and oxygen atoms in total. The molecule has 0 saturated carbocycles. The minimum absolute atomic E-state index is 0.224. The second kappa shape index (κ2) is 4.75. The van der Waals surface area contributed by atoms with Gasteiger partial charge in [0, 0.05) is 21.9 Å². The standard InChI is InChI=1S/C21H14O2/c1-3-7-16-14(5-1)9-11-18-19-12-10-15-6-2-4-8-17(15)21(19)23-13-22-20(16)18/h1-12H,13H2. The van der Waals surface area contributed by atoms with E-state index in [0.29, 0.717) is 0 Å². The fourth-order valence-electron chi connectivity index (χ4n) is 3.37. The van der Waals surface area contributed by atoms with Crippen LogP contribution in [0, 0.1) is 0 Å². The van der Waals surface area contributed by atoms with Crippen LogP contribution in [0.1, 0.15) is 0 Å². The molecule has 0 bridgehead atoms. The Labute approximate surface area is 133 Å². The zero-order chi connectivity index (χ0) is 15.2. The van der Waals surface area contributed by atoms with Crippen LogP contribution in [0.25, 0.3) is 32.7 Å². The first-order valence-corrected chi connectivity index (χ1v) is 7.71. The molecule has 23 heavy (non-hydrogen) atoms. The van der Waals surface area contributed by atoms with Gasteiger partial charge in [0.05, 0.1) is 0 Å². The molecule has 0 aromatic heterocycles. The van der Waals surface area contributed by atoms with Crippen molar-refractivity contribution in [2.45, 2.75) is 0 Å². The van der Waals surface area contributed by atoms with Crippen molar-refractivity contribution in [1.29, 1.82) is 0 Å². The molecule has 1 heterocycles. The van der Waals surface area contributed by atoms with Gasteiger partial charge in [-0.05, 0) is 22.9 Å². The van der Waals surface area contributed by atoms with E-state index in [2.05, 4.69) is 48.5 Å². The Kier molecular flexibility index (Phi) is 2.59. The zero-order valence-electron chi connectivity index (χ0n) is 12.5. The minimum atomic E-state index is 0.224. The molecular formula is C21H14O2. The van der Waals surface area contributed by atoms with E-state index in [4.69, 9.17) is 9.47 Å². The van der Waals surface area contributed by atoms with E-state index >= 15 is 0 Å². The fraction of sp³-hybridized carbons (Fsp3) is 0.0476. The van der Waals surface area contributed by atoms with Gasteiger partial charge in [0.15, 0.2) is 0 Å². The molecule has 1 aliphatic rings. The average molecular weight is 298 g/mol. The van der Waals surface area contributed by atoms with Crippen LogP contribution in [0.2, 0.25) is 0 Å². The highest BCUT2D eigenvalue weighted by Gasteiger charge is 2.20. The van der Waals surface area contributed by atoms with Crippen LogP contribution in [0.3, 0.4) is 0 Å². The molecule has 0 atom stereocenters. The predicted molar refractivity (Wildman–Crippen MR) is 93.0 cm³/mol. The van der Waals surface area contributed by atoms with Gasteiger partial charge >= 0.3 is 0 Å². The largest absolute Gasteiger partial charge is 0.456 e. The summed E-state index contributed by atoms with van der Waals surface area (Å²) in [5, 5.41) is 4.59. The molecule has 4 aromatic rings. The molecule has 0 amide bonds. The van der Waals surface area contributed by atoms with E-state index in [1.54, 1.807) is 0 Å². The lowest BCUT2D eigenvalue weighted by Crippen LogP contribution is -2.04. The Balaban J connectivity index is 1.88. The van der Waals surface area contributed by atoms with E-state index < -0.39 is 0 Å². The molecule has 2 heteroatoms. The maximum absolute atomic E-state index is 5.97. The Hall–Kier alpha value is -3.00. The highest BCUT2D eigenvalue weighted by Crippen LogP contribution is 2.45. The summed E-state index contributed by atoms with van der Waals surface area (Å²) in [7, 11) is 0. The minimum Gasteiger partial charge on any atom is -0.456 e. The van der Waals surface area contributed by atoms with E-state index in [-0.39, 0.29) is 6.79 Å². The van der Waals surface area contributed by atoms with Crippen LogP contribution in [0.4, 0.5) is 0 Å².